The molecule has 16 heavy (non-hydrogen) atoms. The summed E-state index contributed by atoms with van der Waals surface area (Å²) in [7, 11) is 0. The molecule has 0 spiro atoms. The van der Waals surface area contributed by atoms with Gasteiger partial charge >= 0.3 is 103 Å². The predicted molar refractivity (Wildman–Crippen MR) is 68.9 cm³/mol. The zero-order valence-electron chi connectivity index (χ0n) is 9.72. The minimum absolute atomic E-state index is 0.114. The third kappa shape index (κ3) is 4.21. The van der Waals surface area contributed by atoms with Crippen LogP contribution in [0, 0.1) is 0 Å². The second-order valence-corrected chi connectivity index (χ2v) is 5.30. The molecule has 3 heteroatoms. The number of hydrogen-bond donors (Lipinski definition) is 0. The average molecular weight is 282 g/mol. The van der Waals surface area contributed by atoms with Crippen molar-refractivity contribution in [3.63, 3.8) is 0 Å². The van der Waals surface area contributed by atoms with Gasteiger partial charge in [-0.25, -0.2) is 0 Å². The molecule has 0 N–H and O–H groups in total. The summed E-state index contributed by atoms with van der Waals surface area (Å²) in [5.74, 6) is 0.114. The van der Waals surface area contributed by atoms with Crippen LogP contribution in [-0.2, 0) is 4.79 Å². The van der Waals surface area contributed by atoms with Crippen LogP contribution in [0.4, 0.5) is 0 Å². The Morgan fingerprint density at radius 2 is 1.88 bits per heavy atom. The van der Waals surface area contributed by atoms with Gasteiger partial charge in [0, 0.05) is 0 Å². The average Bonchev–Trinajstić information content (AvgIpc) is 2.32. The molecular formula is C13H17NOSe. The van der Waals surface area contributed by atoms with Gasteiger partial charge in [-0.15, -0.1) is 0 Å². The van der Waals surface area contributed by atoms with Crippen molar-refractivity contribution in [2.24, 2.45) is 0 Å². The second-order valence-electron chi connectivity index (χ2n) is 3.24. The molecule has 1 amide bonds. The first-order chi connectivity index (χ1) is 7.77. The Bertz CT molecular complexity index is 344. The Labute approximate surface area is 103 Å². The van der Waals surface area contributed by atoms with E-state index in [-0.39, 0.29) is 20.9 Å². The topological polar surface area (TPSA) is 20.3 Å². The van der Waals surface area contributed by atoms with Crippen molar-refractivity contribution in [1.29, 1.82) is 0 Å². The van der Waals surface area contributed by atoms with Crippen molar-refractivity contribution >= 4 is 25.3 Å². The number of nitrogens with zero attached hydrogens (tertiary/aromatic N) is 1. The summed E-state index contributed by atoms with van der Waals surface area (Å²) in [4.78, 5) is 15.5. The van der Waals surface area contributed by atoms with E-state index in [0.717, 1.165) is 13.1 Å². The first kappa shape index (κ1) is 13.0. The Balaban J connectivity index is 2.46. The van der Waals surface area contributed by atoms with Crippen molar-refractivity contribution in [2.75, 3.05) is 13.1 Å². The van der Waals surface area contributed by atoms with Gasteiger partial charge in [-0.1, -0.05) is 0 Å². The molecule has 1 aromatic rings. The molecule has 0 bridgehead atoms. The molecule has 0 saturated heterocycles. The zero-order chi connectivity index (χ0) is 11.8. The Morgan fingerprint density at radius 1 is 1.25 bits per heavy atom. The Morgan fingerprint density at radius 3 is 2.44 bits per heavy atom. The SMILES string of the molecule is CCN(CC)C(=O)C=C[Se]c1ccccc1. The molecule has 2 nitrogen and oxygen atoms in total. The Hall–Kier alpha value is -1.05. The zero-order valence-corrected chi connectivity index (χ0v) is 11.4. The molecule has 0 saturated carbocycles. The number of benzene rings is 1. The van der Waals surface area contributed by atoms with Gasteiger partial charge in [0.15, 0.2) is 0 Å². The van der Waals surface area contributed by atoms with E-state index in [9.17, 15) is 4.79 Å². The van der Waals surface area contributed by atoms with Crippen LogP contribution < -0.4 is 4.46 Å². The van der Waals surface area contributed by atoms with E-state index < -0.39 is 0 Å². The summed E-state index contributed by atoms with van der Waals surface area (Å²) in [6.07, 6.45) is 1.69. The van der Waals surface area contributed by atoms with E-state index in [1.807, 2.05) is 41.9 Å². The fourth-order valence-electron chi connectivity index (χ4n) is 1.31. The molecule has 0 aliphatic rings. The quantitative estimate of drug-likeness (QED) is 0.590. The summed E-state index contributed by atoms with van der Waals surface area (Å²) in [6.45, 7) is 5.55. The fourth-order valence-corrected chi connectivity index (χ4v) is 2.69. The van der Waals surface area contributed by atoms with Crippen molar-refractivity contribution in [2.45, 2.75) is 13.8 Å². The van der Waals surface area contributed by atoms with Crippen LogP contribution in [0.1, 0.15) is 13.8 Å². The second kappa shape index (κ2) is 7.26. The van der Waals surface area contributed by atoms with Gasteiger partial charge in [-0.3, -0.25) is 0 Å². The van der Waals surface area contributed by atoms with E-state index in [2.05, 4.69) is 12.1 Å². The van der Waals surface area contributed by atoms with E-state index in [1.54, 1.807) is 6.08 Å². The fraction of sp³-hybridized carbons (Fsp3) is 0.308. The number of amides is 1. The number of likely N-dealkylation sites (N-methyl/N-ethyl adjacent to an activating group) is 1. The summed E-state index contributed by atoms with van der Waals surface area (Å²) in [6, 6.07) is 10.2. The molecule has 1 aromatic carbocycles. The van der Waals surface area contributed by atoms with Gasteiger partial charge in [0.05, 0.1) is 0 Å². The third-order valence-corrected chi connectivity index (χ3v) is 3.95. The molecule has 1 rings (SSSR count). The number of hydrogen-bond acceptors (Lipinski definition) is 1. The van der Waals surface area contributed by atoms with Crippen molar-refractivity contribution < 1.29 is 4.79 Å². The predicted octanol–water partition coefficient (Wildman–Crippen LogP) is 1.40. The summed E-state index contributed by atoms with van der Waals surface area (Å²) < 4.78 is 1.29. The van der Waals surface area contributed by atoms with E-state index in [0.29, 0.717) is 0 Å². The first-order valence-corrected chi connectivity index (χ1v) is 7.29. The van der Waals surface area contributed by atoms with E-state index in [4.69, 9.17) is 0 Å². The van der Waals surface area contributed by atoms with Crippen LogP contribution in [0.25, 0.3) is 0 Å². The normalized spacial score (nSPS) is 10.6. The van der Waals surface area contributed by atoms with Crippen LogP contribution >= 0.6 is 0 Å². The van der Waals surface area contributed by atoms with Crippen LogP contribution in [0.3, 0.4) is 0 Å². The molecule has 0 unspecified atom stereocenters. The number of rotatable bonds is 5. The van der Waals surface area contributed by atoms with E-state index >= 15 is 0 Å². The molecule has 0 aliphatic carbocycles. The van der Waals surface area contributed by atoms with E-state index in [1.165, 1.54) is 4.46 Å². The van der Waals surface area contributed by atoms with Crippen molar-refractivity contribution in [1.82, 2.24) is 4.90 Å². The maximum absolute atomic E-state index is 11.6. The van der Waals surface area contributed by atoms with Crippen LogP contribution in [0.2, 0.25) is 0 Å². The summed E-state index contributed by atoms with van der Waals surface area (Å²) in [5.41, 5.74) is 0. The monoisotopic (exact) mass is 283 g/mol. The van der Waals surface area contributed by atoms with Gasteiger partial charge in [-0.2, -0.15) is 0 Å². The standard InChI is InChI=1S/C13H17NOSe/c1-3-14(4-2)13(15)10-11-16-12-8-6-5-7-9-12/h5-11H,3-4H2,1-2H3. The molecule has 0 aromatic heterocycles. The van der Waals surface area contributed by atoms with Gasteiger partial charge in [0.1, 0.15) is 0 Å². The van der Waals surface area contributed by atoms with Crippen molar-refractivity contribution in [3.8, 4) is 0 Å². The molecule has 86 valence electrons. The Kier molecular flexibility index (Phi) is 5.91. The summed E-state index contributed by atoms with van der Waals surface area (Å²) >= 11 is 0.254. The number of carbonyl (C=O) groups excluding carboxylic acids is 1. The van der Waals surface area contributed by atoms with Crippen LogP contribution in [0.5, 0.6) is 0 Å². The third-order valence-electron chi connectivity index (χ3n) is 2.23. The van der Waals surface area contributed by atoms with Crippen LogP contribution in [-0.4, -0.2) is 38.9 Å². The molecule has 0 heterocycles. The molecule has 0 radical (unpaired) electrons. The van der Waals surface area contributed by atoms with Gasteiger partial charge in [0.2, 0.25) is 0 Å². The molecule has 0 fully saturated rings. The number of carbonyl (C=O) groups is 1. The van der Waals surface area contributed by atoms with Gasteiger partial charge in [0.25, 0.3) is 0 Å². The maximum atomic E-state index is 11.6. The molecular weight excluding hydrogens is 265 g/mol. The first-order valence-electron chi connectivity index (χ1n) is 5.45. The van der Waals surface area contributed by atoms with Crippen LogP contribution in [0.15, 0.2) is 41.4 Å². The van der Waals surface area contributed by atoms with Gasteiger partial charge in [-0.05, 0) is 0 Å². The van der Waals surface area contributed by atoms with Gasteiger partial charge < -0.3 is 0 Å². The molecule has 0 aliphatic heterocycles. The van der Waals surface area contributed by atoms with Crippen molar-refractivity contribution in [3.05, 3.63) is 41.4 Å². The minimum atomic E-state index is 0.114. The molecule has 0 atom stereocenters. The summed E-state index contributed by atoms with van der Waals surface area (Å²) in [5, 5.41) is 0.